The van der Waals surface area contributed by atoms with E-state index >= 15 is 0 Å². The first-order valence-electron chi connectivity index (χ1n) is 7.00. The summed E-state index contributed by atoms with van der Waals surface area (Å²) in [7, 11) is 2.14. The summed E-state index contributed by atoms with van der Waals surface area (Å²) in [6.45, 7) is 5.17. The minimum atomic E-state index is 0.848. The Morgan fingerprint density at radius 2 is 1.80 bits per heavy atom. The number of anilines is 1. The third-order valence-corrected chi connectivity index (χ3v) is 3.99. The van der Waals surface area contributed by atoms with Crippen LogP contribution in [-0.2, 0) is 13.6 Å². The van der Waals surface area contributed by atoms with Crippen LogP contribution in [0.25, 0.3) is 10.9 Å². The van der Waals surface area contributed by atoms with E-state index in [1.165, 1.54) is 33.4 Å². The molecule has 0 bridgehead atoms. The van der Waals surface area contributed by atoms with Gasteiger partial charge in [0, 0.05) is 29.3 Å². The van der Waals surface area contributed by atoms with E-state index in [-0.39, 0.29) is 0 Å². The molecule has 0 radical (unpaired) electrons. The van der Waals surface area contributed by atoms with Crippen LogP contribution in [0.4, 0.5) is 5.69 Å². The largest absolute Gasteiger partial charge is 0.379 e. The summed E-state index contributed by atoms with van der Waals surface area (Å²) in [5, 5.41) is 4.87. The zero-order valence-electron chi connectivity index (χ0n) is 12.3. The maximum absolute atomic E-state index is 3.52. The molecule has 1 aromatic heterocycles. The Bertz CT molecular complexity index is 714. The van der Waals surface area contributed by atoms with Crippen LogP contribution in [0.5, 0.6) is 0 Å². The molecular weight excluding hydrogens is 244 g/mol. The lowest BCUT2D eigenvalue weighted by atomic mass is 10.1. The maximum Gasteiger partial charge on any atom is 0.0556 e. The number of nitrogens with zero attached hydrogens (tertiary/aromatic N) is 1. The summed E-state index contributed by atoms with van der Waals surface area (Å²) in [5.74, 6) is 0. The van der Waals surface area contributed by atoms with E-state index in [0.717, 1.165) is 6.54 Å². The lowest BCUT2D eigenvalue weighted by Gasteiger charge is -2.10. The average molecular weight is 264 g/mol. The van der Waals surface area contributed by atoms with Crippen LogP contribution in [0.2, 0.25) is 0 Å². The Hall–Kier alpha value is -2.22. The number of hydrogen-bond donors (Lipinski definition) is 1. The molecule has 0 aliphatic rings. The molecule has 0 amide bonds. The Balaban J connectivity index is 1.91. The van der Waals surface area contributed by atoms with Crippen molar-refractivity contribution in [1.82, 2.24) is 4.57 Å². The fraction of sp³-hybridized carbons (Fsp3) is 0.222. The highest BCUT2D eigenvalue weighted by Crippen LogP contribution is 2.25. The monoisotopic (exact) mass is 264 g/mol. The maximum atomic E-state index is 3.52. The first-order valence-corrected chi connectivity index (χ1v) is 7.00. The highest BCUT2D eigenvalue weighted by atomic mass is 15.0. The van der Waals surface area contributed by atoms with Crippen molar-refractivity contribution in [3.05, 3.63) is 65.4 Å². The Morgan fingerprint density at radius 1 is 1.00 bits per heavy atom. The van der Waals surface area contributed by atoms with Crippen molar-refractivity contribution in [3.63, 3.8) is 0 Å². The van der Waals surface area contributed by atoms with Gasteiger partial charge >= 0.3 is 0 Å². The number of aromatic nitrogens is 1. The molecule has 0 unspecified atom stereocenters. The molecule has 2 nitrogen and oxygen atoms in total. The van der Waals surface area contributed by atoms with Crippen LogP contribution in [0.1, 0.15) is 16.8 Å². The van der Waals surface area contributed by atoms with E-state index in [1.807, 2.05) is 0 Å². The number of nitrogens with one attached hydrogen (secondary N) is 1. The van der Waals surface area contributed by atoms with E-state index in [9.17, 15) is 0 Å². The van der Waals surface area contributed by atoms with Crippen molar-refractivity contribution in [2.24, 2.45) is 7.05 Å². The molecule has 2 aromatic carbocycles. The Kier molecular flexibility index (Phi) is 3.23. The van der Waals surface area contributed by atoms with Crippen molar-refractivity contribution in [1.29, 1.82) is 0 Å². The molecular formula is C18H20N2. The number of rotatable bonds is 3. The number of fused-ring (bicyclic) bond motifs is 1. The summed E-state index contributed by atoms with van der Waals surface area (Å²) in [4.78, 5) is 0. The van der Waals surface area contributed by atoms with E-state index in [0.29, 0.717) is 0 Å². The molecule has 0 fully saturated rings. The summed E-state index contributed by atoms with van der Waals surface area (Å²) in [6, 6.07) is 17.1. The zero-order chi connectivity index (χ0) is 14.1. The highest BCUT2D eigenvalue weighted by molar-refractivity contribution is 5.85. The van der Waals surface area contributed by atoms with Gasteiger partial charge in [0.05, 0.1) is 6.54 Å². The standard InChI is InChI=1S/C18H20N2/c1-13-7-6-8-15(11-13)19-12-18-14(2)16-9-4-5-10-17(16)20(18)3/h4-11,19H,12H2,1-3H3. The number of hydrogen-bond acceptors (Lipinski definition) is 1. The fourth-order valence-electron chi connectivity index (χ4n) is 2.83. The van der Waals surface area contributed by atoms with Crippen LogP contribution >= 0.6 is 0 Å². The van der Waals surface area contributed by atoms with Crippen molar-refractivity contribution >= 4 is 16.6 Å². The van der Waals surface area contributed by atoms with Gasteiger partial charge in [-0.25, -0.2) is 0 Å². The van der Waals surface area contributed by atoms with Gasteiger partial charge in [0.25, 0.3) is 0 Å². The van der Waals surface area contributed by atoms with E-state index < -0.39 is 0 Å². The summed E-state index contributed by atoms with van der Waals surface area (Å²) in [5.41, 5.74) is 6.46. The summed E-state index contributed by atoms with van der Waals surface area (Å²) < 4.78 is 2.29. The lowest BCUT2D eigenvalue weighted by molar-refractivity contribution is 0.862. The molecule has 0 saturated carbocycles. The van der Waals surface area contributed by atoms with Crippen molar-refractivity contribution in [2.75, 3.05) is 5.32 Å². The van der Waals surface area contributed by atoms with E-state index in [1.54, 1.807) is 0 Å². The molecule has 20 heavy (non-hydrogen) atoms. The molecule has 2 heteroatoms. The second kappa shape index (κ2) is 5.04. The molecule has 0 saturated heterocycles. The normalized spacial score (nSPS) is 10.9. The van der Waals surface area contributed by atoms with Gasteiger partial charge in [-0.2, -0.15) is 0 Å². The minimum absolute atomic E-state index is 0.848. The lowest BCUT2D eigenvalue weighted by Crippen LogP contribution is -2.05. The second-order valence-corrected chi connectivity index (χ2v) is 5.37. The smallest absolute Gasteiger partial charge is 0.0556 e. The van der Waals surface area contributed by atoms with Gasteiger partial charge in [0.1, 0.15) is 0 Å². The molecule has 0 spiro atoms. The topological polar surface area (TPSA) is 17.0 Å². The van der Waals surface area contributed by atoms with Crippen LogP contribution < -0.4 is 5.32 Å². The quantitative estimate of drug-likeness (QED) is 0.741. The van der Waals surface area contributed by atoms with E-state index in [4.69, 9.17) is 0 Å². The van der Waals surface area contributed by atoms with Crippen molar-refractivity contribution in [2.45, 2.75) is 20.4 Å². The molecule has 3 aromatic rings. The van der Waals surface area contributed by atoms with Crippen LogP contribution in [0, 0.1) is 13.8 Å². The SMILES string of the molecule is Cc1cccc(NCc2c(C)c3ccccc3n2C)c1. The average Bonchev–Trinajstić information content (AvgIpc) is 2.70. The first-order chi connectivity index (χ1) is 9.66. The molecule has 1 heterocycles. The van der Waals surface area contributed by atoms with E-state index in [2.05, 4.69) is 79.3 Å². The van der Waals surface area contributed by atoms with Crippen molar-refractivity contribution in [3.8, 4) is 0 Å². The fourth-order valence-corrected chi connectivity index (χ4v) is 2.83. The first kappa shape index (κ1) is 12.8. The van der Waals surface area contributed by atoms with Gasteiger partial charge in [-0.3, -0.25) is 0 Å². The van der Waals surface area contributed by atoms with Gasteiger partial charge in [-0.05, 0) is 43.2 Å². The predicted octanol–water partition coefficient (Wildman–Crippen LogP) is 4.41. The molecule has 0 aliphatic carbocycles. The third-order valence-electron chi connectivity index (χ3n) is 3.99. The molecule has 1 N–H and O–H groups in total. The molecule has 3 rings (SSSR count). The minimum Gasteiger partial charge on any atom is -0.379 e. The molecule has 0 atom stereocenters. The Labute approximate surface area is 120 Å². The number of para-hydroxylation sites is 1. The van der Waals surface area contributed by atoms with Crippen LogP contribution in [-0.4, -0.2) is 4.57 Å². The Morgan fingerprint density at radius 3 is 2.55 bits per heavy atom. The van der Waals surface area contributed by atoms with Crippen LogP contribution in [0.3, 0.4) is 0 Å². The van der Waals surface area contributed by atoms with Gasteiger partial charge < -0.3 is 9.88 Å². The van der Waals surface area contributed by atoms with Gasteiger partial charge in [-0.1, -0.05) is 30.3 Å². The number of aryl methyl sites for hydroxylation is 3. The summed E-state index contributed by atoms with van der Waals surface area (Å²) >= 11 is 0. The van der Waals surface area contributed by atoms with Gasteiger partial charge in [0.2, 0.25) is 0 Å². The predicted molar refractivity (Wildman–Crippen MR) is 86.2 cm³/mol. The third kappa shape index (κ3) is 2.18. The van der Waals surface area contributed by atoms with Crippen molar-refractivity contribution < 1.29 is 0 Å². The molecule has 102 valence electrons. The molecule has 0 aliphatic heterocycles. The van der Waals surface area contributed by atoms with Gasteiger partial charge in [-0.15, -0.1) is 0 Å². The number of benzene rings is 2. The van der Waals surface area contributed by atoms with Crippen LogP contribution in [0.15, 0.2) is 48.5 Å². The van der Waals surface area contributed by atoms with Gasteiger partial charge in [0.15, 0.2) is 0 Å². The second-order valence-electron chi connectivity index (χ2n) is 5.37. The highest BCUT2D eigenvalue weighted by Gasteiger charge is 2.10. The summed E-state index contributed by atoms with van der Waals surface area (Å²) in [6.07, 6.45) is 0. The zero-order valence-corrected chi connectivity index (χ0v) is 12.3.